The molecule has 2 nitrogen and oxygen atoms in total. The van der Waals surface area contributed by atoms with Crippen LogP contribution >= 0.6 is 11.6 Å². The number of hydrogen-bond acceptors (Lipinski definition) is 2. The van der Waals surface area contributed by atoms with Crippen molar-refractivity contribution in [3.63, 3.8) is 0 Å². The molecule has 1 fully saturated rings. The summed E-state index contributed by atoms with van der Waals surface area (Å²) < 4.78 is 5.23. The van der Waals surface area contributed by atoms with Crippen LogP contribution in [0.2, 0.25) is 0 Å². The normalized spacial score (nSPS) is 27.9. The predicted octanol–water partition coefficient (Wildman–Crippen LogP) is 4.21. The lowest BCUT2D eigenvalue weighted by atomic mass is 9.85. The summed E-state index contributed by atoms with van der Waals surface area (Å²) in [4.78, 5) is 0. The lowest BCUT2D eigenvalue weighted by molar-refractivity contribution is 0.356. The topological polar surface area (TPSA) is 21.3 Å². The Bertz CT molecular complexity index is 407. The van der Waals surface area contributed by atoms with E-state index in [9.17, 15) is 0 Å². The molecule has 0 heterocycles. The Balaban J connectivity index is 2.09. The second-order valence-electron chi connectivity index (χ2n) is 5.24. The van der Waals surface area contributed by atoms with E-state index in [4.69, 9.17) is 16.3 Å². The maximum absolute atomic E-state index is 6.36. The number of aryl methyl sites for hydroxylation is 1. The van der Waals surface area contributed by atoms with Crippen molar-refractivity contribution >= 4 is 17.3 Å². The highest BCUT2D eigenvalue weighted by Gasteiger charge is 2.28. The Morgan fingerprint density at radius 2 is 2.11 bits per heavy atom. The summed E-state index contributed by atoms with van der Waals surface area (Å²) in [5, 5.41) is 3.94. The number of methoxy groups -OCH3 is 1. The number of rotatable bonds is 3. The van der Waals surface area contributed by atoms with Gasteiger partial charge in [0.05, 0.1) is 7.11 Å². The summed E-state index contributed by atoms with van der Waals surface area (Å²) in [6, 6.07) is 6.64. The smallest absolute Gasteiger partial charge is 0.119 e. The van der Waals surface area contributed by atoms with Gasteiger partial charge in [-0.3, -0.25) is 0 Å². The van der Waals surface area contributed by atoms with E-state index >= 15 is 0 Å². The van der Waals surface area contributed by atoms with Crippen molar-refractivity contribution < 1.29 is 4.74 Å². The number of anilines is 1. The van der Waals surface area contributed by atoms with Crippen LogP contribution in [0.5, 0.6) is 5.75 Å². The van der Waals surface area contributed by atoms with Gasteiger partial charge in [-0.15, -0.1) is 11.6 Å². The molecule has 0 aromatic heterocycles. The maximum atomic E-state index is 6.36. The molecule has 0 unspecified atom stereocenters. The molecule has 0 amide bonds. The fraction of sp³-hybridized carbons (Fsp3) is 0.600. The molecule has 1 aromatic carbocycles. The zero-order valence-electron chi connectivity index (χ0n) is 11.4. The van der Waals surface area contributed by atoms with E-state index < -0.39 is 0 Å². The van der Waals surface area contributed by atoms with Crippen LogP contribution in [0.1, 0.15) is 31.7 Å². The molecule has 1 N–H and O–H groups in total. The molecule has 100 valence electrons. The van der Waals surface area contributed by atoms with Crippen LogP contribution in [0, 0.1) is 12.8 Å². The van der Waals surface area contributed by atoms with Crippen molar-refractivity contribution in [2.45, 2.75) is 44.5 Å². The summed E-state index contributed by atoms with van der Waals surface area (Å²) in [5.41, 5.74) is 2.41. The van der Waals surface area contributed by atoms with Crippen LogP contribution in [0.25, 0.3) is 0 Å². The van der Waals surface area contributed by atoms with Crippen LogP contribution in [0.15, 0.2) is 18.2 Å². The van der Waals surface area contributed by atoms with Crippen LogP contribution in [0.4, 0.5) is 5.69 Å². The molecule has 1 aliphatic carbocycles. The standard InChI is InChI=1S/C15H22ClNO/c1-10-9-12(18-3)7-8-14(10)17-15-6-4-5-13(16)11(15)2/h7-9,11,13,15,17H,4-6H2,1-3H3/t11-,13+,15-/m1/s1. The van der Waals surface area contributed by atoms with Gasteiger partial charge in [0.1, 0.15) is 5.75 Å². The number of halogens is 1. The Hall–Kier alpha value is -0.890. The molecular formula is C15H22ClNO. The van der Waals surface area contributed by atoms with E-state index in [0.717, 1.165) is 12.2 Å². The molecule has 2 rings (SSSR count). The molecule has 0 spiro atoms. The van der Waals surface area contributed by atoms with Crippen LogP contribution in [-0.4, -0.2) is 18.5 Å². The molecule has 0 bridgehead atoms. The molecular weight excluding hydrogens is 246 g/mol. The highest BCUT2D eigenvalue weighted by molar-refractivity contribution is 6.20. The van der Waals surface area contributed by atoms with Gasteiger partial charge in [0.25, 0.3) is 0 Å². The first kappa shape index (κ1) is 13.5. The van der Waals surface area contributed by atoms with Crippen LogP contribution < -0.4 is 10.1 Å². The lowest BCUT2D eigenvalue weighted by Gasteiger charge is -2.34. The van der Waals surface area contributed by atoms with Gasteiger partial charge >= 0.3 is 0 Å². The third-order valence-electron chi connectivity index (χ3n) is 3.97. The van der Waals surface area contributed by atoms with Crippen molar-refractivity contribution in [2.75, 3.05) is 12.4 Å². The highest BCUT2D eigenvalue weighted by atomic mass is 35.5. The Morgan fingerprint density at radius 3 is 2.78 bits per heavy atom. The first-order valence-corrected chi connectivity index (χ1v) is 7.10. The van der Waals surface area contributed by atoms with E-state index in [0.29, 0.717) is 17.3 Å². The first-order chi connectivity index (χ1) is 8.61. The monoisotopic (exact) mass is 267 g/mol. The summed E-state index contributed by atoms with van der Waals surface area (Å²) in [7, 11) is 1.70. The number of ether oxygens (including phenoxy) is 1. The average Bonchev–Trinajstić information content (AvgIpc) is 2.37. The largest absolute Gasteiger partial charge is 0.497 e. The third-order valence-corrected chi connectivity index (χ3v) is 4.59. The second-order valence-corrected chi connectivity index (χ2v) is 5.80. The number of hydrogen-bond donors (Lipinski definition) is 1. The van der Waals surface area contributed by atoms with Gasteiger partial charge in [-0.2, -0.15) is 0 Å². The molecule has 0 radical (unpaired) electrons. The molecule has 3 atom stereocenters. The lowest BCUT2D eigenvalue weighted by Crippen LogP contribution is -2.36. The van der Waals surface area contributed by atoms with Gasteiger partial charge in [0.15, 0.2) is 0 Å². The Kier molecular flexibility index (Phi) is 4.39. The zero-order valence-corrected chi connectivity index (χ0v) is 12.1. The van der Waals surface area contributed by atoms with Crippen LogP contribution in [-0.2, 0) is 0 Å². The fourth-order valence-electron chi connectivity index (χ4n) is 2.64. The summed E-state index contributed by atoms with van der Waals surface area (Å²) in [5.74, 6) is 1.42. The van der Waals surface area contributed by atoms with Crippen molar-refractivity contribution in [3.05, 3.63) is 23.8 Å². The molecule has 0 saturated heterocycles. The minimum Gasteiger partial charge on any atom is -0.497 e. The molecule has 1 aromatic rings. The van der Waals surface area contributed by atoms with Gasteiger partial charge in [0, 0.05) is 17.1 Å². The van der Waals surface area contributed by atoms with Crippen molar-refractivity contribution in [3.8, 4) is 5.75 Å². The second kappa shape index (κ2) is 5.83. The van der Waals surface area contributed by atoms with Crippen molar-refractivity contribution in [1.82, 2.24) is 0 Å². The van der Waals surface area contributed by atoms with Crippen molar-refractivity contribution in [2.24, 2.45) is 5.92 Å². The predicted molar refractivity (Wildman–Crippen MR) is 77.8 cm³/mol. The average molecular weight is 268 g/mol. The molecule has 0 aliphatic heterocycles. The van der Waals surface area contributed by atoms with E-state index in [2.05, 4.69) is 31.3 Å². The van der Waals surface area contributed by atoms with Gasteiger partial charge in [-0.1, -0.05) is 6.92 Å². The Labute approximate surface area is 115 Å². The zero-order chi connectivity index (χ0) is 13.1. The highest BCUT2D eigenvalue weighted by Crippen LogP contribution is 2.32. The molecule has 3 heteroatoms. The summed E-state index contributed by atoms with van der Waals surface area (Å²) in [6.07, 6.45) is 3.56. The van der Waals surface area contributed by atoms with Gasteiger partial charge < -0.3 is 10.1 Å². The minimum absolute atomic E-state index is 0.301. The van der Waals surface area contributed by atoms with E-state index in [1.807, 2.05) is 6.07 Å². The third kappa shape index (κ3) is 2.92. The van der Waals surface area contributed by atoms with E-state index in [-0.39, 0.29) is 0 Å². The summed E-state index contributed by atoms with van der Waals surface area (Å²) in [6.45, 7) is 4.35. The molecule has 1 saturated carbocycles. The number of nitrogens with one attached hydrogen (secondary N) is 1. The van der Waals surface area contributed by atoms with Gasteiger partial charge in [0.2, 0.25) is 0 Å². The fourth-order valence-corrected chi connectivity index (χ4v) is 2.97. The van der Waals surface area contributed by atoms with Crippen LogP contribution in [0.3, 0.4) is 0 Å². The molecule has 18 heavy (non-hydrogen) atoms. The minimum atomic E-state index is 0.301. The van der Waals surface area contributed by atoms with Gasteiger partial charge in [-0.25, -0.2) is 0 Å². The SMILES string of the molecule is COc1ccc(N[C@@H]2CCC[C@H](Cl)[C@H]2C)c(C)c1. The maximum Gasteiger partial charge on any atom is 0.119 e. The van der Waals surface area contributed by atoms with E-state index in [1.165, 1.54) is 24.1 Å². The number of alkyl halides is 1. The quantitative estimate of drug-likeness (QED) is 0.829. The summed E-state index contributed by atoms with van der Waals surface area (Å²) >= 11 is 6.36. The van der Waals surface area contributed by atoms with Crippen molar-refractivity contribution in [1.29, 1.82) is 0 Å². The Morgan fingerprint density at radius 1 is 1.33 bits per heavy atom. The van der Waals surface area contributed by atoms with Gasteiger partial charge in [-0.05, 0) is 55.9 Å². The van der Waals surface area contributed by atoms with E-state index in [1.54, 1.807) is 7.11 Å². The number of benzene rings is 1. The molecule has 1 aliphatic rings. The first-order valence-electron chi connectivity index (χ1n) is 6.67.